The topological polar surface area (TPSA) is 34.4 Å². The minimum Gasteiger partial charge on any atom is -0.319 e. The van der Waals surface area contributed by atoms with E-state index < -0.39 is 7.14 Å². The van der Waals surface area contributed by atoms with Crippen molar-refractivity contribution in [2.24, 2.45) is 0 Å². The first-order chi connectivity index (χ1) is 19.4. The van der Waals surface area contributed by atoms with Crippen LogP contribution in [0.2, 0.25) is 0 Å². The summed E-state index contributed by atoms with van der Waals surface area (Å²) in [6, 6.07) is 42.5. The van der Waals surface area contributed by atoms with E-state index in [1.165, 1.54) is 16.5 Å². The smallest absolute Gasteiger partial charge is 0.147 e. The van der Waals surface area contributed by atoms with Gasteiger partial charge in [-0.25, -0.2) is 4.98 Å². The van der Waals surface area contributed by atoms with E-state index in [1.54, 1.807) is 0 Å². The molecule has 0 unspecified atom stereocenters. The number of fused-ring (bicyclic) bond motifs is 5. The van der Waals surface area contributed by atoms with E-state index >= 15 is 0 Å². The SMILES string of the molecule is Cc1cc(-c2c(-c3ccccc3)c3nc4ccccc4n3c3ccccc23)ccc1-c1cccc(P(C)(C)=O)c1. The average Bonchev–Trinajstić information content (AvgIpc) is 3.36. The highest BCUT2D eigenvalue weighted by molar-refractivity contribution is 7.70. The molecule has 3 nitrogen and oxygen atoms in total. The Bertz CT molecular complexity index is 2120. The van der Waals surface area contributed by atoms with E-state index in [9.17, 15) is 4.57 Å². The van der Waals surface area contributed by atoms with Crippen LogP contribution >= 0.6 is 7.14 Å². The van der Waals surface area contributed by atoms with Crippen molar-refractivity contribution in [2.75, 3.05) is 13.3 Å². The van der Waals surface area contributed by atoms with Crippen LogP contribution in [0.1, 0.15) is 5.56 Å². The standard InChI is InChI=1S/C36H29N2OP/c1-24-22-27(20-21-29(24)26-14-11-15-28(23-26)40(2,3)39)34-30-16-7-9-18-32(30)38-33-19-10-8-17-31(33)37-36(38)35(34)25-12-5-4-6-13-25/h4-23H,1-3H3. The van der Waals surface area contributed by atoms with Gasteiger partial charge in [0.1, 0.15) is 12.8 Å². The third kappa shape index (κ3) is 3.97. The molecule has 0 saturated heterocycles. The van der Waals surface area contributed by atoms with Crippen LogP contribution in [-0.2, 0) is 4.57 Å². The summed E-state index contributed by atoms with van der Waals surface area (Å²) in [5.41, 5.74) is 12.2. The van der Waals surface area contributed by atoms with Crippen molar-refractivity contribution < 1.29 is 4.57 Å². The number of hydrogen-bond acceptors (Lipinski definition) is 2. The molecular weight excluding hydrogens is 507 g/mol. The van der Waals surface area contributed by atoms with Gasteiger partial charge in [-0.15, -0.1) is 0 Å². The van der Waals surface area contributed by atoms with Crippen LogP contribution in [-0.4, -0.2) is 22.7 Å². The molecule has 5 aromatic carbocycles. The Morgan fingerprint density at radius 3 is 2.10 bits per heavy atom. The van der Waals surface area contributed by atoms with Crippen LogP contribution in [0.15, 0.2) is 121 Å². The van der Waals surface area contributed by atoms with Crippen molar-refractivity contribution >= 4 is 40.0 Å². The molecule has 0 saturated carbocycles. The largest absolute Gasteiger partial charge is 0.319 e. The fourth-order valence-electron chi connectivity index (χ4n) is 5.89. The highest BCUT2D eigenvalue weighted by Crippen LogP contribution is 2.43. The normalized spacial score (nSPS) is 12.0. The molecule has 194 valence electrons. The summed E-state index contributed by atoms with van der Waals surface area (Å²) in [5, 5.41) is 2.09. The van der Waals surface area contributed by atoms with Crippen molar-refractivity contribution in [3.63, 3.8) is 0 Å². The highest BCUT2D eigenvalue weighted by Gasteiger charge is 2.21. The number of para-hydroxylation sites is 3. The van der Waals surface area contributed by atoms with Gasteiger partial charge in [-0.3, -0.25) is 4.40 Å². The number of hydrogen-bond donors (Lipinski definition) is 0. The number of aromatic nitrogens is 2. The van der Waals surface area contributed by atoms with Gasteiger partial charge in [0.15, 0.2) is 0 Å². The maximum absolute atomic E-state index is 12.8. The fraction of sp³-hybridized carbons (Fsp3) is 0.0833. The molecule has 0 aliphatic heterocycles. The average molecular weight is 537 g/mol. The Balaban J connectivity index is 1.55. The molecule has 4 heteroatoms. The number of imidazole rings is 1. The molecule has 0 atom stereocenters. The zero-order chi connectivity index (χ0) is 27.4. The van der Waals surface area contributed by atoms with Crippen LogP contribution in [0.3, 0.4) is 0 Å². The number of pyridine rings is 1. The first-order valence-electron chi connectivity index (χ1n) is 13.5. The Labute approximate surface area is 234 Å². The summed E-state index contributed by atoms with van der Waals surface area (Å²) in [4.78, 5) is 5.18. The van der Waals surface area contributed by atoms with Crippen LogP contribution in [0.25, 0.3) is 61.0 Å². The molecule has 0 fully saturated rings. The highest BCUT2D eigenvalue weighted by atomic mass is 31.2. The monoisotopic (exact) mass is 536 g/mol. The van der Waals surface area contributed by atoms with Crippen molar-refractivity contribution in [1.29, 1.82) is 0 Å². The van der Waals surface area contributed by atoms with E-state index in [-0.39, 0.29) is 0 Å². The lowest BCUT2D eigenvalue weighted by Gasteiger charge is -2.18. The summed E-state index contributed by atoms with van der Waals surface area (Å²) in [5.74, 6) is 0. The molecule has 7 rings (SSSR count). The lowest BCUT2D eigenvalue weighted by atomic mass is 9.89. The molecular formula is C36H29N2OP. The van der Waals surface area contributed by atoms with E-state index in [4.69, 9.17) is 4.98 Å². The van der Waals surface area contributed by atoms with Gasteiger partial charge >= 0.3 is 0 Å². The lowest BCUT2D eigenvalue weighted by Crippen LogP contribution is -2.02. The molecule has 0 aliphatic rings. The van der Waals surface area contributed by atoms with Gasteiger partial charge in [0.05, 0.1) is 16.6 Å². The van der Waals surface area contributed by atoms with Crippen molar-refractivity contribution in [1.82, 2.24) is 9.38 Å². The third-order valence-corrected chi connectivity index (χ3v) is 9.33. The predicted molar refractivity (Wildman–Crippen MR) is 170 cm³/mol. The summed E-state index contributed by atoms with van der Waals surface area (Å²) < 4.78 is 15.1. The van der Waals surface area contributed by atoms with E-state index in [1.807, 2.05) is 31.5 Å². The first-order valence-corrected chi connectivity index (χ1v) is 16.1. The fourth-order valence-corrected chi connectivity index (χ4v) is 6.79. The molecule has 0 amide bonds. The Hall–Kier alpha value is -4.46. The third-order valence-electron chi connectivity index (χ3n) is 7.81. The number of aryl methyl sites for hydroxylation is 1. The Morgan fingerprint density at radius 2 is 1.32 bits per heavy atom. The van der Waals surface area contributed by atoms with E-state index in [0.29, 0.717) is 0 Å². The van der Waals surface area contributed by atoms with Crippen LogP contribution in [0.4, 0.5) is 0 Å². The molecule has 0 aliphatic carbocycles. The molecule has 0 N–H and O–H groups in total. The van der Waals surface area contributed by atoms with Gasteiger partial charge in [-0.1, -0.05) is 97.1 Å². The molecule has 0 spiro atoms. The summed E-state index contributed by atoms with van der Waals surface area (Å²) in [6.45, 7) is 5.82. The summed E-state index contributed by atoms with van der Waals surface area (Å²) >= 11 is 0. The van der Waals surface area contributed by atoms with Crippen molar-refractivity contribution in [3.8, 4) is 33.4 Å². The molecule has 0 radical (unpaired) electrons. The predicted octanol–water partition coefficient (Wildman–Crippen LogP) is 9.20. The van der Waals surface area contributed by atoms with Gasteiger partial charge in [0.2, 0.25) is 0 Å². The quantitative estimate of drug-likeness (QED) is 0.210. The number of rotatable bonds is 4. The minimum absolute atomic E-state index is 0.905. The summed E-state index contributed by atoms with van der Waals surface area (Å²) in [6.07, 6.45) is 0. The van der Waals surface area contributed by atoms with Gasteiger partial charge < -0.3 is 4.57 Å². The zero-order valence-electron chi connectivity index (χ0n) is 22.8. The van der Waals surface area contributed by atoms with Gasteiger partial charge in [0.25, 0.3) is 0 Å². The summed E-state index contributed by atoms with van der Waals surface area (Å²) in [7, 11) is -2.35. The first kappa shape index (κ1) is 24.6. The second kappa shape index (κ2) is 9.33. The van der Waals surface area contributed by atoms with Crippen LogP contribution < -0.4 is 5.30 Å². The van der Waals surface area contributed by atoms with Crippen LogP contribution in [0.5, 0.6) is 0 Å². The maximum Gasteiger partial charge on any atom is 0.147 e. The Kier molecular flexibility index (Phi) is 5.73. The second-order valence-electron chi connectivity index (χ2n) is 10.8. The van der Waals surface area contributed by atoms with Crippen molar-refractivity contribution in [3.05, 3.63) is 127 Å². The molecule has 0 bridgehead atoms. The second-order valence-corrected chi connectivity index (χ2v) is 14.0. The van der Waals surface area contributed by atoms with E-state index in [0.717, 1.165) is 55.3 Å². The Morgan fingerprint density at radius 1 is 0.625 bits per heavy atom. The van der Waals surface area contributed by atoms with Gasteiger partial charge in [0, 0.05) is 21.8 Å². The molecule has 7 aromatic rings. The molecule has 2 aromatic heterocycles. The van der Waals surface area contributed by atoms with Crippen molar-refractivity contribution in [2.45, 2.75) is 6.92 Å². The molecule has 40 heavy (non-hydrogen) atoms. The molecule has 2 heterocycles. The zero-order valence-corrected chi connectivity index (χ0v) is 23.7. The van der Waals surface area contributed by atoms with Gasteiger partial charge in [-0.2, -0.15) is 0 Å². The van der Waals surface area contributed by atoms with E-state index in [2.05, 4.69) is 114 Å². The maximum atomic E-state index is 12.8. The number of benzene rings is 5. The van der Waals surface area contributed by atoms with Crippen LogP contribution in [0, 0.1) is 6.92 Å². The minimum atomic E-state index is -2.35. The van der Waals surface area contributed by atoms with Gasteiger partial charge in [-0.05, 0) is 72.3 Å². The number of nitrogens with zero attached hydrogens (tertiary/aromatic N) is 2. The lowest BCUT2D eigenvalue weighted by molar-refractivity contribution is 0.588.